The fourth-order valence-electron chi connectivity index (χ4n) is 3.88. The fourth-order valence-corrected chi connectivity index (χ4v) is 5.21. The minimum Gasteiger partial charge on any atom is -0.307 e. The summed E-state index contributed by atoms with van der Waals surface area (Å²) in [6.45, 7) is 6.75. The zero-order valence-corrected chi connectivity index (χ0v) is 16.8. The molecule has 3 N–H and O–H groups in total. The highest BCUT2D eigenvalue weighted by Crippen LogP contribution is 2.40. The summed E-state index contributed by atoms with van der Waals surface area (Å²) in [5, 5.41) is 0.144. The fraction of sp³-hybridized carbons (Fsp3) is 0.579. The van der Waals surface area contributed by atoms with Crippen LogP contribution in [0.5, 0.6) is 0 Å². The van der Waals surface area contributed by atoms with Gasteiger partial charge in [0.15, 0.2) is 0 Å². The molecule has 0 radical (unpaired) electrons. The highest BCUT2D eigenvalue weighted by atomic mass is 32.2. The zero-order valence-electron chi connectivity index (χ0n) is 16.0. The van der Waals surface area contributed by atoms with Crippen LogP contribution < -0.4 is 16.0 Å². The molecule has 1 heterocycles. The van der Waals surface area contributed by atoms with E-state index in [9.17, 15) is 18.0 Å². The third-order valence-corrected chi connectivity index (χ3v) is 7.60. The van der Waals surface area contributed by atoms with Crippen molar-refractivity contribution in [2.75, 3.05) is 0 Å². The van der Waals surface area contributed by atoms with Crippen molar-refractivity contribution >= 4 is 20.9 Å². The molecule has 7 nitrogen and oxygen atoms in total. The van der Waals surface area contributed by atoms with Gasteiger partial charge in [-0.3, -0.25) is 9.78 Å². The Bertz CT molecular complexity index is 1040. The van der Waals surface area contributed by atoms with Gasteiger partial charge in [-0.05, 0) is 55.2 Å². The number of aromatic amines is 2. The lowest BCUT2D eigenvalue weighted by Crippen LogP contribution is -2.39. The van der Waals surface area contributed by atoms with Crippen molar-refractivity contribution in [3.8, 4) is 0 Å². The average Bonchev–Trinajstić information content (AvgIpc) is 2.61. The molecule has 1 aromatic heterocycles. The Labute approximate surface area is 158 Å². The summed E-state index contributed by atoms with van der Waals surface area (Å²) >= 11 is 0. The number of aromatic nitrogens is 2. The van der Waals surface area contributed by atoms with E-state index in [0.29, 0.717) is 11.4 Å². The smallest absolute Gasteiger partial charge is 0.307 e. The molecule has 0 spiro atoms. The summed E-state index contributed by atoms with van der Waals surface area (Å²) in [5.41, 5.74) is -0.633. The van der Waals surface area contributed by atoms with E-state index in [1.54, 1.807) is 0 Å². The Balaban J connectivity index is 1.77. The lowest BCUT2D eigenvalue weighted by molar-refractivity contribution is 0.142. The summed E-state index contributed by atoms with van der Waals surface area (Å²) in [4.78, 5) is 27.9. The molecule has 1 saturated carbocycles. The largest absolute Gasteiger partial charge is 0.326 e. The van der Waals surface area contributed by atoms with Crippen molar-refractivity contribution in [1.82, 2.24) is 14.7 Å². The molecule has 1 aliphatic carbocycles. The van der Waals surface area contributed by atoms with Crippen LogP contribution >= 0.6 is 0 Å². The van der Waals surface area contributed by atoms with Crippen LogP contribution in [0.2, 0.25) is 0 Å². The van der Waals surface area contributed by atoms with E-state index in [1.165, 1.54) is 18.2 Å². The molecule has 3 rings (SSSR count). The van der Waals surface area contributed by atoms with Crippen molar-refractivity contribution < 1.29 is 8.42 Å². The van der Waals surface area contributed by atoms with Crippen molar-refractivity contribution in [1.29, 1.82) is 0 Å². The number of fused-ring (bicyclic) bond motifs is 1. The minimum atomic E-state index is -3.73. The van der Waals surface area contributed by atoms with Crippen LogP contribution in [0.3, 0.4) is 0 Å². The third-order valence-electron chi connectivity index (χ3n) is 6.09. The van der Waals surface area contributed by atoms with E-state index in [-0.39, 0.29) is 21.7 Å². The zero-order chi connectivity index (χ0) is 19.8. The first-order valence-corrected chi connectivity index (χ1v) is 10.9. The quantitative estimate of drug-likeness (QED) is 0.724. The first-order valence-electron chi connectivity index (χ1n) is 9.41. The first-order chi connectivity index (χ1) is 12.6. The third kappa shape index (κ3) is 4.16. The number of hydrogen-bond donors (Lipinski definition) is 3. The van der Waals surface area contributed by atoms with E-state index in [2.05, 4.69) is 35.5 Å². The van der Waals surface area contributed by atoms with E-state index >= 15 is 0 Å². The number of benzene rings is 1. The van der Waals surface area contributed by atoms with Crippen LogP contribution in [-0.2, 0) is 10.0 Å². The Morgan fingerprint density at radius 1 is 1.11 bits per heavy atom. The summed E-state index contributed by atoms with van der Waals surface area (Å²) in [6.07, 6.45) is 4.75. The second-order valence-electron chi connectivity index (χ2n) is 8.13. The van der Waals surface area contributed by atoms with Gasteiger partial charge < -0.3 is 4.98 Å². The number of nitrogens with one attached hydrogen (secondary N) is 3. The number of rotatable bonds is 5. The Hall–Kier alpha value is -1.93. The van der Waals surface area contributed by atoms with Gasteiger partial charge in [0.25, 0.3) is 5.56 Å². The van der Waals surface area contributed by atoms with Crippen molar-refractivity contribution in [3.63, 3.8) is 0 Å². The monoisotopic (exact) mass is 393 g/mol. The summed E-state index contributed by atoms with van der Waals surface area (Å²) < 4.78 is 28.3. The number of sulfonamides is 1. The van der Waals surface area contributed by atoms with Crippen LogP contribution in [0.1, 0.15) is 52.9 Å². The number of hydrogen-bond acceptors (Lipinski definition) is 4. The SMILES string of the molecule is CCC(C)(C)C1CCC(NS(=O)(=O)c2ccc3[nH]c(=O)[nH]c(=O)c3c2)CC1. The molecular formula is C19H27N3O4S. The molecule has 8 heteroatoms. The highest BCUT2D eigenvalue weighted by molar-refractivity contribution is 7.89. The molecule has 0 unspecified atom stereocenters. The Morgan fingerprint density at radius 2 is 1.78 bits per heavy atom. The lowest BCUT2D eigenvalue weighted by atomic mass is 9.69. The summed E-state index contributed by atoms with van der Waals surface area (Å²) in [5.74, 6) is 0.610. The Kier molecular flexibility index (Phi) is 5.31. The minimum absolute atomic E-state index is 0.0311. The molecule has 27 heavy (non-hydrogen) atoms. The molecule has 2 aromatic rings. The van der Waals surface area contributed by atoms with E-state index < -0.39 is 21.3 Å². The van der Waals surface area contributed by atoms with Gasteiger partial charge in [0.1, 0.15) is 0 Å². The van der Waals surface area contributed by atoms with Gasteiger partial charge in [0.2, 0.25) is 10.0 Å². The molecule has 0 bridgehead atoms. The predicted octanol–water partition coefficient (Wildman–Crippen LogP) is 2.49. The second-order valence-corrected chi connectivity index (χ2v) is 9.84. The highest BCUT2D eigenvalue weighted by Gasteiger charge is 2.33. The normalized spacial score (nSPS) is 21.4. The van der Waals surface area contributed by atoms with Gasteiger partial charge in [-0.1, -0.05) is 27.2 Å². The van der Waals surface area contributed by atoms with Crippen LogP contribution in [0.4, 0.5) is 0 Å². The van der Waals surface area contributed by atoms with Gasteiger partial charge in [-0.25, -0.2) is 17.9 Å². The van der Waals surface area contributed by atoms with Crippen LogP contribution in [0.15, 0.2) is 32.7 Å². The average molecular weight is 394 g/mol. The molecule has 1 fully saturated rings. The van der Waals surface area contributed by atoms with Crippen LogP contribution in [0.25, 0.3) is 10.9 Å². The van der Waals surface area contributed by atoms with Crippen LogP contribution in [0, 0.1) is 11.3 Å². The summed E-state index contributed by atoms with van der Waals surface area (Å²) in [7, 11) is -3.73. The molecule has 0 aliphatic heterocycles. The maximum Gasteiger partial charge on any atom is 0.326 e. The maximum absolute atomic E-state index is 12.8. The molecule has 148 valence electrons. The van der Waals surface area contributed by atoms with Gasteiger partial charge in [-0.2, -0.15) is 0 Å². The van der Waals surface area contributed by atoms with E-state index in [4.69, 9.17) is 0 Å². The lowest BCUT2D eigenvalue weighted by Gasteiger charge is -2.39. The van der Waals surface area contributed by atoms with Gasteiger partial charge in [0, 0.05) is 6.04 Å². The Morgan fingerprint density at radius 3 is 2.41 bits per heavy atom. The van der Waals surface area contributed by atoms with Crippen LogP contribution in [-0.4, -0.2) is 24.4 Å². The standard InChI is InChI=1S/C19H27N3O4S/c1-4-19(2,3)12-5-7-13(8-6-12)22-27(25,26)14-9-10-16-15(11-14)17(23)21-18(24)20-16/h9-13,22H,4-8H2,1-3H3,(H2,20,21,23,24). The topological polar surface area (TPSA) is 112 Å². The van der Waals surface area contributed by atoms with E-state index in [0.717, 1.165) is 32.1 Å². The molecule has 0 atom stereocenters. The molecule has 0 saturated heterocycles. The second kappa shape index (κ2) is 7.24. The summed E-state index contributed by atoms with van der Waals surface area (Å²) in [6, 6.07) is 4.06. The van der Waals surface area contributed by atoms with Gasteiger partial charge >= 0.3 is 5.69 Å². The molecular weight excluding hydrogens is 366 g/mol. The molecule has 0 amide bonds. The van der Waals surface area contributed by atoms with Crippen molar-refractivity contribution in [2.45, 2.75) is 63.8 Å². The van der Waals surface area contributed by atoms with Crippen molar-refractivity contribution in [2.24, 2.45) is 11.3 Å². The van der Waals surface area contributed by atoms with Gasteiger partial charge in [0.05, 0.1) is 15.8 Å². The van der Waals surface area contributed by atoms with Gasteiger partial charge in [-0.15, -0.1) is 0 Å². The number of H-pyrrole nitrogens is 2. The molecule has 1 aromatic carbocycles. The van der Waals surface area contributed by atoms with Crippen molar-refractivity contribution in [3.05, 3.63) is 39.0 Å². The first kappa shape index (κ1) is 19.8. The van der Waals surface area contributed by atoms with E-state index in [1.807, 2.05) is 0 Å². The predicted molar refractivity (Wildman–Crippen MR) is 105 cm³/mol. The molecule has 1 aliphatic rings. The maximum atomic E-state index is 12.8.